The highest BCUT2D eigenvalue weighted by Crippen LogP contribution is 2.32. The molecule has 1 saturated heterocycles. The van der Waals surface area contributed by atoms with Crippen LogP contribution in [0.4, 0.5) is 11.4 Å². The minimum atomic E-state index is -2.34. The smallest absolute Gasteiger partial charge is 0.337 e. The molecule has 1 aromatic heterocycles. The minimum Gasteiger partial charge on any atom is -0.494 e. The zero-order chi connectivity index (χ0) is 32.5. The number of anilines is 1. The Hall–Kier alpha value is -4.47. The van der Waals surface area contributed by atoms with Crippen molar-refractivity contribution in [2.75, 3.05) is 58.7 Å². The van der Waals surface area contributed by atoms with E-state index in [9.17, 15) is 14.7 Å². The third kappa shape index (κ3) is 5.75. The summed E-state index contributed by atoms with van der Waals surface area (Å²) < 4.78 is 44.6. The van der Waals surface area contributed by atoms with Crippen LogP contribution in [0.5, 0.6) is 5.88 Å². The van der Waals surface area contributed by atoms with Crippen LogP contribution in [-0.2, 0) is 9.53 Å². The standard InChI is InChI=1S/C31H33N5O4/c1-34-15-17-36(18-16-34)20-27(37)35(2)24-12-10-23(11-13-24)32-29(21-7-5-4-6-8-21)28-25-14-9-22(31(39)40-3)19-26(25)33-30(28)38/h4-14,19,33,38H,15-18,20H2,1-3H3/i1D3,20D2. The lowest BCUT2D eigenvalue weighted by Crippen LogP contribution is -2.48. The summed E-state index contributed by atoms with van der Waals surface area (Å²) in [6, 6.07) is 20.9. The van der Waals surface area contributed by atoms with Gasteiger partial charge in [0.05, 0.1) is 38.9 Å². The minimum absolute atomic E-state index is 0.103. The summed E-state index contributed by atoms with van der Waals surface area (Å²) >= 11 is 0. The zero-order valence-corrected chi connectivity index (χ0v) is 22.2. The van der Waals surface area contributed by atoms with Gasteiger partial charge in [0, 0.05) is 59.5 Å². The number of hydrogen-bond acceptors (Lipinski definition) is 7. The first kappa shape index (κ1) is 21.4. The molecule has 0 aliphatic carbocycles. The van der Waals surface area contributed by atoms with E-state index in [1.807, 2.05) is 30.3 Å². The maximum Gasteiger partial charge on any atom is 0.337 e. The van der Waals surface area contributed by atoms with Gasteiger partial charge in [0.25, 0.3) is 0 Å². The van der Waals surface area contributed by atoms with Gasteiger partial charge in [-0.05, 0) is 43.4 Å². The van der Waals surface area contributed by atoms with Crippen molar-refractivity contribution in [3.8, 4) is 5.88 Å². The van der Waals surface area contributed by atoms with Gasteiger partial charge in [-0.1, -0.05) is 36.4 Å². The Balaban J connectivity index is 1.42. The summed E-state index contributed by atoms with van der Waals surface area (Å²) in [5.41, 5.74) is 3.45. The summed E-state index contributed by atoms with van der Waals surface area (Å²) in [6.45, 7) is -4.14. The predicted molar refractivity (Wildman–Crippen MR) is 157 cm³/mol. The Morgan fingerprint density at radius 2 is 1.77 bits per heavy atom. The Morgan fingerprint density at radius 1 is 1.05 bits per heavy atom. The number of aromatic amines is 1. The molecule has 9 nitrogen and oxygen atoms in total. The number of carbonyl (C=O) groups excluding carboxylic acids is 2. The highest BCUT2D eigenvalue weighted by Gasteiger charge is 2.21. The molecule has 2 heterocycles. The van der Waals surface area contributed by atoms with E-state index in [0.29, 0.717) is 39.1 Å². The van der Waals surface area contributed by atoms with E-state index in [1.165, 1.54) is 28.9 Å². The van der Waals surface area contributed by atoms with Gasteiger partial charge in [0.15, 0.2) is 5.88 Å². The molecule has 3 aromatic carbocycles. The first-order valence-electron chi connectivity index (χ1n) is 15.3. The predicted octanol–water partition coefficient (Wildman–Crippen LogP) is 4.04. The number of esters is 1. The molecule has 0 bridgehead atoms. The average Bonchev–Trinajstić information content (AvgIpc) is 3.37. The van der Waals surface area contributed by atoms with Crippen LogP contribution in [0, 0.1) is 0 Å². The highest BCUT2D eigenvalue weighted by molar-refractivity contribution is 6.22. The number of fused-ring (bicyclic) bond motifs is 1. The van der Waals surface area contributed by atoms with Crippen molar-refractivity contribution in [1.82, 2.24) is 14.8 Å². The lowest BCUT2D eigenvalue weighted by molar-refractivity contribution is -0.119. The topological polar surface area (TPSA) is 101 Å². The third-order valence-corrected chi connectivity index (χ3v) is 6.80. The van der Waals surface area contributed by atoms with Gasteiger partial charge in [0.1, 0.15) is 0 Å². The summed E-state index contributed by atoms with van der Waals surface area (Å²) in [6.07, 6.45) is 0. The van der Waals surface area contributed by atoms with Gasteiger partial charge in [-0.15, -0.1) is 0 Å². The van der Waals surface area contributed by atoms with Gasteiger partial charge in [-0.3, -0.25) is 9.69 Å². The summed E-state index contributed by atoms with van der Waals surface area (Å²) in [4.78, 5) is 37.0. The van der Waals surface area contributed by atoms with Gasteiger partial charge in [-0.25, -0.2) is 9.79 Å². The number of methoxy groups -OCH3 is 1. The molecule has 40 heavy (non-hydrogen) atoms. The Bertz CT molecular complexity index is 1730. The molecule has 0 saturated carbocycles. The van der Waals surface area contributed by atoms with E-state index in [1.54, 1.807) is 42.5 Å². The van der Waals surface area contributed by atoms with Gasteiger partial charge < -0.3 is 24.6 Å². The number of ether oxygens (including phenoxy) is 1. The number of amides is 1. The fourth-order valence-electron chi connectivity index (χ4n) is 4.55. The molecular weight excluding hydrogens is 506 g/mol. The fourth-order valence-corrected chi connectivity index (χ4v) is 4.55. The van der Waals surface area contributed by atoms with Crippen molar-refractivity contribution in [3.05, 3.63) is 89.5 Å². The average molecular weight is 545 g/mol. The van der Waals surface area contributed by atoms with Crippen LogP contribution >= 0.6 is 0 Å². The van der Waals surface area contributed by atoms with Crippen molar-refractivity contribution in [1.29, 1.82) is 0 Å². The van der Waals surface area contributed by atoms with Crippen molar-refractivity contribution >= 4 is 39.9 Å². The van der Waals surface area contributed by atoms with Crippen molar-refractivity contribution in [2.45, 2.75) is 0 Å². The van der Waals surface area contributed by atoms with Gasteiger partial charge >= 0.3 is 5.97 Å². The van der Waals surface area contributed by atoms with Crippen LogP contribution in [0.3, 0.4) is 0 Å². The lowest BCUT2D eigenvalue weighted by Gasteiger charge is -2.32. The van der Waals surface area contributed by atoms with Crippen LogP contribution in [0.25, 0.3) is 10.9 Å². The van der Waals surface area contributed by atoms with Crippen molar-refractivity contribution in [3.63, 3.8) is 0 Å². The van der Waals surface area contributed by atoms with Crippen LogP contribution in [0.15, 0.2) is 77.8 Å². The Kier molecular flexibility index (Phi) is 6.26. The number of carbonyl (C=O) groups is 2. The normalized spacial score (nSPS) is 17.4. The van der Waals surface area contributed by atoms with Crippen molar-refractivity contribution < 1.29 is 26.3 Å². The second-order valence-electron chi connectivity index (χ2n) is 9.39. The molecule has 5 rings (SSSR count). The summed E-state index contributed by atoms with van der Waals surface area (Å²) in [5, 5.41) is 11.6. The first-order valence-corrected chi connectivity index (χ1v) is 12.8. The van der Waals surface area contributed by atoms with E-state index < -0.39 is 25.3 Å². The lowest BCUT2D eigenvalue weighted by atomic mass is 10.00. The van der Waals surface area contributed by atoms with E-state index in [-0.39, 0.29) is 32.1 Å². The van der Waals surface area contributed by atoms with E-state index in [2.05, 4.69) is 4.98 Å². The number of nitrogens with one attached hydrogen (secondary N) is 1. The maximum absolute atomic E-state index is 13.3. The number of H-pyrrole nitrogens is 1. The number of aromatic nitrogens is 1. The molecule has 206 valence electrons. The monoisotopic (exact) mass is 544 g/mol. The number of likely N-dealkylation sites (N-methyl/N-ethyl adjacent to an activating group) is 2. The number of aliphatic imine (C=N–C) groups is 1. The maximum atomic E-state index is 13.3. The first-order chi connectivity index (χ1) is 21.3. The molecule has 9 heteroatoms. The second kappa shape index (κ2) is 11.7. The van der Waals surface area contributed by atoms with Gasteiger partial charge in [0.2, 0.25) is 5.91 Å². The van der Waals surface area contributed by atoms with E-state index >= 15 is 0 Å². The fraction of sp³-hybridized carbons (Fsp3) is 0.258. The van der Waals surface area contributed by atoms with Crippen LogP contribution in [-0.4, -0.2) is 91.3 Å². The van der Waals surface area contributed by atoms with Crippen LogP contribution < -0.4 is 4.90 Å². The third-order valence-electron chi connectivity index (χ3n) is 6.80. The molecule has 0 atom stereocenters. The summed E-state index contributed by atoms with van der Waals surface area (Å²) in [5.74, 6) is -1.41. The molecule has 1 fully saturated rings. The molecule has 1 amide bonds. The molecular formula is C31H33N5O4. The molecule has 0 unspecified atom stereocenters. The second-order valence-corrected chi connectivity index (χ2v) is 9.39. The number of piperazine rings is 1. The van der Waals surface area contributed by atoms with Gasteiger partial charge in [-0.2, -0.15) is 0 Å². The van der Waals surface area contributed by atoms with E-state index in [4.69, 9.17) is 16.6 Å². The number of aromatic hydroxyl groups is 1. The zero-order valence-electron chi connectivity index (χ0n) is 27.2. The molecule has 2 N–H and O–H groups in total. The number of benzene rings is 3. The molecule has 1 aliphatic heterocycles. The number of hydrogen-bond donors (Lipinski definition) is 2. The van der Waals surface area contributed by atoms with E-state index in [0.717, 1.165) is 5.56 Å². The summed E-state index contributed by atoms with van der Waals surface area (Å²) in [7, 11) is 2.78. The quantitative estimate of drug-likeness (QED) is 0.269. The van der Waals surface area contributed by atoms with Crippen LogP contribution in [0.2, 0.25) is 0 Å². The Labute approximate surface area is 240 Å². The van der Waals surface area contributed by atoms with Crippen molar-refractivity contribution in [2.24, 2.45) is 4.99 Å². The molecule has 0 radical (unpaired) electrons. The number of nitrogens with zero attached hydrogens (tertiary/aromatic N) is 4. The molecule has 4 aromatic rings. The SMILES string of the molecule is [2H]C([2H])([2H])N1CCN(C([2H])([2H])C(=O)N(C)c2ccc(N=C(c3ccccc3)c3c(O)[nH]c4cc(C(=O)OC)ccc34)cc2)CC1. The Morgan fingerprint density at radius 3 is 2.45 bits per heavy atom. The molecule has 1 aliphatic rings. The molecule has 0 spiro atoms. The largest absolute Gasteiger partial charge is 0.494 e. The highest BCUT2D eigenvalue weighted by atomic mass is 16.5. The van der Waals surface area contributed by atoms with Crippen LogP contribution in [0.1, 0.15) is 28.3 Å². The number of rotatable bonds is 7.